The molecule has 92 valence electrons. The van der Waals surface area contributed by atoms with Crippen LogP contribution in [0.4, 0.5) is 4.39 Å². The van der Waals surface area contributed by atoms with Crippen LogP contribution in [-0.4, -0.2) is 31.1 Å². The Balaban J connectivity index is 3.37. The van der Waals surface area contributed by atoms with Crippen LogP contribution in [0.25, 0.3) is 0 Å². The second kappa shape index (κ2) is 5.40. The summed E-state index contributed by atoms with van der Waals surface area (Å²) in [5, 5.41) is 8.60. The lowest BCUT2D eigenvalue weighted by Crippen LogP contribution is -2.17. The van der Waals surface area contributed by atoms with Gasteiger partial charge in [0.1, 0.15) is 17.1 Å². The van der Waals surface area contributed by atoms with Crippen molar-refractivity contribution in [1.29, 1.82) is 0 Å². The number of halogens is 1. The van der Waals surface area contributed by atoms with Crippen molar-refractivity contribution in [1.82, 2.24) is 0 Å². The van der Waals surface area contributed by atoms with Crippen molar-refractivity contribution in [2.75, 3.05) is 14.2 Å². The SMILES string of the molecule is COCc1ccc(OC)c(C(=O)C(=O)O)c1F. The molecular formula is C11H11FO5. The number of benzene rings is 1. The Labute approximate surface area is 96.8 Å². The molecule has 0 atom stereocenters. The van der Waals surface area contributed by atoms with Gasteiger partial charge in [0.25, 0.3) is 5.78 Å². The summed E-state index contributed by atoms with van der Waals surface area (Å²) in [4.78, 5) is 21.9. The molecule has 0 radical (unpaired) electrons. The first-order valence-corrected chi connectivity index (χ1v) is 4.64. The molecule has 6 heteroatoms. The number of carboxylic acids is 1. The van der Waals surface area contributed by atoms with E-state index < -0.39 is 23.1 Å². The van der Waals surface area contributed by atoms with Gasteiger partial charge in [0.05, 0.1) is 13.7 Å². The molecule has 1 aromatic rings. The predicted octanol–water partition coefficient (Wildman–Crippen LogP) is 1.25. The number of rotatable bonds is 5. The van der Waals surface area contributed by atoms with Crippen molar-refractivity contribution in [3.63, 3.8) is 0 Å². The number of aliphatic carboxylic acids is 1. The molecule has 0 saturated heterocycles. The molecule has 0 unspecified atom stereocenters. The van der Waals surface area contributed by atoms with Gasteiger partial charge in [-0.05, 0) is 6.07 Å². The third-order valence-electron chi connectivity index (χ3n) is 2.12. The fourth-order valence-electron chi connectivity index (χ4n) is 1.36. The van der Waals surface area contributed by atoms with E-state index >= 15 is 0 Å². The smallest absolute Gasteiger partial charge is 0.377 e. The summed E-state index contributed by atoms with van der Waals surface area (Å²) in [6, 6.07) is 2.70. The number of hydrogen-bond donors (Lipinski definition) is 1. The first-order chi connectivity index (χ1) is 8.02. The van der Waals surface area contributed by atoms with Crippen molar-refractivity contribution < 1.29 is 28.6 Å². The number of carbonyl (C=O) groups excluding carboxylic acids is 1. The maximum atomic E-state index is 13.9. The molecule has 0 amide bonds. The molecule has 5 nitrogen and oxygen atoms in total. The van der Waals surface area contributed by atoms with E-state index in [0.717, 1.165) is 0 Å². The molecule has 17 heavy (non-hydrogen) atoms. The molecule has 1 aromatic carbocycles. The van der Waals surface area contributed by atoms with Crippen LogP contribution >= 0.6 is 0 Å². The number of Topliss-reactive ketones (excluding diaryl/α,β-unsaturated/α-hetero) is 1. The Kier molecular flexibility index (Phi) is 4.17. The van der Waals surface area contributed by atoms with Gasteiger partial charge in [0.15, 0.2) is 0 Å². The second-order valence-electron chi connectivity index (χ2n) is 3.18. The van der Waals surface area contributed by atoms with E-state index in [0.29, 0.717) is 0 Å². The van der Waals surface area contributed by atoms with Crippen LogP contribution in [0.1, 0.15) is 15.9 Å². The predicted molar refractivity (Wildman–Crippen MR) is 55.6 cm³/mol. The fraction of sp³-hybridized carbons (Fsp3) is 0.273. The Morgan fingerprint density at radius 2 is 2.00 bits per heavy atom. The average molecular weight is 242 g/mol. The Bertz CT molecular complexity index is 455. The van der Waals surface area contributed by atoms with E-state index in [9.17, 15) is 14.0 Å². The molecule has 0 aromatic heterocycles. The van der Waals surface area contributed by atoms with Crippen molar-refractivity contribution in [3.05, 3.63) is 29.1 Å². The third kappa shape index (κ3) is 2.59. The van der Waals surface area contributed by atoms with Crippen LogP contribution in [-0.2, 0) is 16.1 Å². The highest BCUT2D eigenvalue weighted by atomic mass is 19.1. The summed E-state index contributed by atoms with van der Waals surface area (Å²) in [7, 11) is 2.59. The van der Waals surface area contributed by atoms with Crippen LogP contribution < -0.4 is 4.74 Å². The maximum absolute atomic E-state index is 13.9. The average Bonchev–Trinajstić information content (AvgIpc) is 2.30. The normalized spacial score (nSPS) is 10.1. The van der Waals surface area contributed by atoms with Crippen molar-refractivity contribution in [2.45, 2.75) is 6.61 Å². The summed E-state index contributed by atoms with van der Waals surface area (Å²) in [6.45, 7) is -0.0598. The van der Waals surface area contributed by atoms with Gasteiger partial charge in [-0.2, -0.15) is 0 Å². The number of ketones is 1. The Hall–Kier alpha value is -1.95. The van der Waals surface area contributed by atoms with Crippen LogP contribution in [0.2, 0.25) is 0 Å². The van der Waals surface area contributed by atoms with Gasteiger partial charge in [-0.15, -0.1) is 0 Å². The molecule has 0 heterocycles. The number of methoxy groups -OCH3 is 2. The third-order valence-corrected chi connectivity index (χ3v) is 2.12. The van der Waals surface area contributed by atoms with Gasteiger partial charge in [-0.1, -0.05) is 6.07 Å². The van der Waals surface area contributed by atoms with Crippen molar-refractivity contribution in [2.24, 2.45) is 0 Å². The summed E-state index contributed by atoms with van der Waals surface area (Å²) in [5.74, 6) is -4.14. The standard InChI is InChI=1S/C11H11FO5/c1-16-5-6-3-4-7(17-2)8(9(6)12)10(13)11(14)15/h3-4H,5H2,1-2H3,(H,14,15). The maximum Gasteiger partial charge on any atom is 0.377 e. The number of carboxylic acid groups (broad SMARTS) is 1. The van der Waals surface area contributed by atoms with Crippen LogP contribution in [0.5, 0.6) is 5.75 Å². The highest BCUT2D eigenvalue weighted by molar-refractivity contribution is 6.40. The molecule has 0 spiro atoms. The van der Waals surface area contributed by atoms with Gasteiger partial charge < -0.3 is 14.6 Å². The summed E-state index contributed by atoms with van der Waals surface area (Å²) in [6.07, 6.45) is 0. The van der Waals surface area contributed by atoms with E-state index in [-0.39, 0.29) is 17.9 Å². The van der Waals surface area contributed by atoms with Gasteiger partial charge >= 0.3 is 5.97 Å². The number of ether oxygens (including phenoxy) is 2. The van der Waals surface area contributed by atoms with E-state index in [1.807, 2.05) is 0 Å². The van der Waals surface area contributed by atoms with Gasteiger partial charge in [-0.3, -0.25) is 4.79 Å². The van der Waals surface area contributed by atoms with E-state index in [4.69, 9.17) is 14.6 Å². The minimum atomic E-state index is -1.74. The van der Waals surface area contributed by atoms with E-state index in [2.05, 4.69) is 0 Å². The topological polar surface area (TPSA) is 72.8 Å². The highest BCUT2D eigenvalue weighted by Gasteiger charge is 2.25. The molecule has 1 N–H and O–H groups in total. The van der Waals surface area contributed by atoms with Gasteiger partial charge in [0, 0.05) is 12.7 Å². The lowest BCUT2D eigenvalue weighted by Gasteiger charge is -2.10. The molecule has 1 rings (SSSR count). The van der Waals surface area contributed by atoms with Gasteiger partial charge in [-0.25, -0.2) is 9.18 Å². The largest absolute Gasteiger partial charge is 0.496 e. The zero-order chi connectivity index (χ0) is 13.0. The van der Waals surface area contributed by atoms with Crippen LogP contribution in [0.15, 0.2) is 12.1 Å². The van der Waals surface area contributed by atoms with Crippen LogP contribution in [0.3, 0.4) is 0 Å². The zero-order valence-electron chi connectivity index (χ0n) is 9.32. The van der Waals surface area contributed by atoms with Crippen molar-refractivity contribution >= 4 is 11.8 Å². The second-order valence-corrected chi connectivity index (χ2v) is 3.18. The molecule has 0 fully saturated rings. The summed E-state index contributed by atoms with van der Waals surface area (Å²) < 4.78 is 23.4. The lowest BCUT2D eigenvalue weighted by molar-refractivity contribution is -0.131. The lowest BCUT2D eigenvalue weighted by atomic mass is 10.0. The number of carbonyl (C=O) groups is 2. The molecule has 0 bridgehead atoms. The summed E-state index contributed by atoms with van der Waals surface area (Å²) in [5.41, 5.74) is -0.493. The van der Waals surface area contributed by atoms with Gasteiger partial charge in [0.2, 0.25) is 0 Å². The molecule has 0 aliphatic carbocycles. The Morgan fingerprint density at radius 1 is 1.35 bits per heavy atom. The quantitative estimate of drug-likeness (QED) is 0.621. The highest BCUT2D eigenvalue weighted by Crippen LogP contribution is 2.25. The molecule has 0 saturated carbocycles. The molecule has 0 aliphatic heterocycles. The Morgan fingerprint density at radius 3 is 2.47 bits per heavy atom. The molecule has 0 aliphatic rings. The fourth-order valence-corrected chi connectivity index (χ4v) is 1.36. The first kappa shape index (κ1) is 13.1. The minimum absolute atomic E-state index is 0.0598. The first-order valence-electron chi connectivity index (χ1n) is 4.64. The van der Waals surface area contributed by atoms with E-state index in [1.54, 1.807) is 0 Å². The summed E-state index contributed by atoms with van der Waals surface area (Å²) >= 11 is 0. The van der Waals surface area contributed by atoms with Crippen LogP contribution in [0, 0.1) is 5.82 Å². The minimum Gasteiger partial charge on any atom is -0.496 e. The van der Waals surface area contributed by atoms with E-state index in [1.165, 1.54) is 26.4 Å². The van der Waals surface area contributed by atoms with Crippen molar-refractivity contribution in [3.8, 4) is 5.75 Å². The zero-order valence-corrected chi connectivity index (χ0v) is 9.32. The number of hydrogen-bond acceptors (Lipinski definition) is 4. The molecular weight excluding hydrogens is 231 g/mol. The monoisotopic (exact) mass is 242 g/mol.